The number of terminal acetylenes is 1. The van der Waals surface area contributed by atoms with Gasteiger partial charge in [-0.3, -0.25) is 0 Å². The van der Waals surface area contributed by atoms with Crippen molar-refractivity contribution in [3.05, 3.63) is 0 Å². The third-order valence-electron chi connectivity index (χ3n) is 0.430. The average Bonchev–Trinajstić information content (AvgIpc) is 1.89. The van der Waals surface area contributed by atoms with Crippen molar-refractivity contribution >= 4 is 6.16 Å². The largest absolute Gasteiger partial charge is 0.525 e. The lowest BCUT2D eigenvalue weighted by molar-refractivity contribution is 0.0539. The second kappa shape index (κ2) is 5.46. The maximum atomic E-state index is 11.1. The molecule has 0 radical (unpaired) electrons. The van der Waals surface area contributed by atoms with E-state index in [2.05, 4.69) is 15.9 Å². The molecule has 0 aromatic heterocycles. The molecule has 3 nitrogen and oxygen atoms in total. The molecule has 0 aliphatic heterocycles. The molecular weight excluding hydrogens is 139 g/mol. The van der Waals surface area contributed by atoms with E-state index in [1.807, 2.05) is 11.8 Å². The van der Waals surface area contributed by atoms with E-state index in [4.69, 9.17) is 0 Å². The number of hydrogen-bond acceptors (Lipinski definition) is 3. The first-order valence-corrected chi connectivity index (χ1v) is 2.16. The van der Waals surface area contributed by atoms with Crippen molar-refractivity contribution < 1.29 is 18.7 Å². The molecule has 52 valence electrons. The van der Waals surface area contributed by atoms with Gasteiger partial charge in [-0.1, -0.05) is 0 Å². The summed E-state index contributed by atoms with van der Waals surface area (Å²) in [7, 11) is 0. The second-order valence-electron chi connectivity index (χ2n) is 0.977. The highest BCUT2D eigenvalue weighted by molar-refractivity contribution is 5.61. The maximum Gasteiger partial charge on any atom is 0.525 e. The van der Waals surface area contributed by atoms with Crippen LogP contribution in [0.4, 0.5) is 9.18 Å². The van der Waals surface area contributed by atoms with Crippen LogP contribution in [0, 0.1) is 24.4 Å². The van der Waals surface area contributed by atoms with Crippen molar-refractivity contribution in [3.8, 4) is 24.4 Å². The molecule has 0 aromatic rings. The smallest absolute Gasteiger partial charge is 0.401 e. The molecular formula is C6H3FO3. The summed E-state index contributed by atoms with van der Waals surface area (Å²) in [5.41, 5.74) is 0. The molecule has 0 heterocycles. The van der Waals surface area contributed by atoms with Gasteiger partial charge in [0, 0.05) is 5.92 Å². The van der Waals surface area contributed by atoms with Gasteiger partial charge in [-0.25, -0.2) is 9.18 Å². The van der Waals surface area contributed by atoms with Gasteiger partial charge in [0.15, 0.2) is 0 Å². The van der Waals surface area contributed by atoms with Gasteiger partial charge in [0.25, 0.3) is 0 Å². The fourth-order valence-electron chi connectivity index (χ4n) is 0.171. The molecule has 0 aliphatic rings. The molecule has 0 amide bonds. The molecule has 0 aromatic carbocycles. The van der Waals surface area contributed by atoms with Gasteiger partial charge in [0.05, 0.1) is 0 Å². The highest BCUT2D eigenvalue weighted by atomic mass is 19.1. The fraction of sp³-hybridized carbons (Fsp3) is 0.167. The summed E-state index contributed by atoms with van der Waals surface area (Å²) >= 11 is 0. The van der Waals surface area contributed by atoms with E-state index in [1.54, 1.807) is 6.11 Å². The summed E-state index contributed by atoms with van der Waals surface area (Å²) in [5.74, 6) is 3.85. The summed E-state index contributed by atoms with van der Waals surface area (Å²) < 4.78 is 18.7. The molecule has 0 saturated heterocycles. The highest BCUT2D eigenvalue weighted by Gasteiger charge is 1.98. The monoisotopic (exact) mass is 142 g/mol. The van der Waals surface area contributed by atoms with Crippen molar-refractivity contribution in [1.82, 2.24) is 0 Å². The molecule has 4 heteroatoms. The van der Waals surface area contributed by atoms with Crippen LogP contribution in [0.1, 0.15) is 0 Å². The Bertz CT molecular complexity index is 205. The van der Waals surface area contributed by atoms with Crippen LogP contribution >= 0.6 is 0 Å². The minimum atomic E-state index is -1.24. The number of halogens is 1. The third-order valence-corrected chi connectivity index (χ3v) is 0.430. The van der Waals surface area contributed by atoms with Crippen molar-refractivity contribution in [1.29, 1.82) is 0 Å². The molecule has 0 fully saturated rings. The van der Waals surface area contributed by atoms with Crippen LogP contribution in [0.15, 0.2) is 0 Å². The van der Waals surface area contributed by atoms with Gasteiger partial charge in [0.1, 0.15) is 6.11 Å². The molecule has 0 bridgehead atoms. The summed E-state index contributed by atoms with van der Waals surface area (Å²) in [6.07, 6.45) is 5.25. The number of rotatable bonds is 1. The first-order chi connectivity index (χ1) is 4.81. The fourth-order valence-corrected chi connectivity index (χ4v) is 0.171. The Kier molecular flexibility index (Phi) is 4.54. The molecule has 10 heavy (non-hydrogen) atoms. The van der Waals surface area contributed by atoms with E-state index in [-0.39, 0.29) is 0 Å². The lowest BCUT2D eigenvalue weighted by atomic mass is 10.7. The third kappa shape index (κ3) is 4.48. The number of hydrogen-bond donors (Lipinski definition) is 0. The Labute approximate surface area is 57.1 Å². The predicted octanol–water partition coefficient (Wildman–Crippen LogP) is 0.661. The normalized spacial score (nSPS) is 6.40. The summed E-state index contributed by atoms with van der Waals surface area (Å²) in [6.45, 7) is -1.24. The van der Waals surface area contributed by atoms with Crippen LogP contribution in [0.2, 0.25) is 0 Å². The minimum Gasteiger partial charge on any atom is -0.401 e. The van der Waals surface area contributed by atoms with Gasteiger partial charge < -0.3 is 9.47 Å². The van der Waals surface area contributed by atoms with Crippen molar-refractivity contribution in [2.75, 3.05) is 6.86 Å². The summed E-state index contributed by atoms with van der Waals surface area (Å²) in [5, 5.41) is 0. The predicted molar refractivity (Wildman–Crippen MR) is 30.1 cm³/mol. The first-order valence-electron chi connectivity index (χ1n) is 2.16. The maximum absolute atomic E-state index is 11.1. The standard InChI is InChI=1S/C6H3FO3/c1-2-3-4-9-6(8)10-5-7/h1H,5H2. The van der Waals surface area contributed by atoms with Gasteiger partial charge in [0.2, 0.25) is 6.86 Å². The van der Waals surface area contributed by atoms with E-state index < -0.39 is 13.0 Å². The lowest BCUT2D eigenvalue weighted by Gasteiger charge is -1.91. The van der Waals surface area contributed by atoms with E-state index in [1.165, 1.54) is 0 Å². The van der Waals surface area contributed by atoms with Crippen molar-refractivity contribution in [3.63, 3.8) is 0 Å². The molecule has 0 rings (SSSR count). The Morgan fingerprint density at radius 3 is 2.90 bits per heavy atom. The quantitative estimate of drug-likeness (QED) is 0.398. The molecule has 0 N–H and O–H groups in total. The number of carbonyl (C=O) groups is 1. The van der Waals surface area contributed by atoms with Crippen molar-refractivity contribution in [2.24, 2.45) is 0 Å². The average molecular weight is 142 g/mol. The summed E-state index contributed by atoms with van der Waals surface area (Å²) in [6, 6.07) is 0. The minimum absolute atomic E-state index is 1.20. The lowest BCUT2D eigenvalue weighted by Crippen LogP contribution is -2.01. The zero-order valence-electron chi connectivity index (χ0n) is 4.89. The number of ether oxygens (including phenoxy) is 2. The Morgan fingerprint density at radius 2 is 2.40 bits per heavy atom. The zero-order valence-corrected chi connectivity index (χ0v) is 4.89. The van der Waals surface area contributed by atoms with E-state index in [0.717, 1.165) is 0 Å². The topological polar surface area (TPSA) is 35.5 Å². The molecule has 0 aliphatic carbocycles. The SMILES string of the molecule is C#CC#COC(=O)OCF. The molecule has 0 atom stereocenters. The first kappa shape index (κ1) is 8.32. The second-order valence-corrected chi connectivity index (χ2v) is 0.977. The van der Waals surface area contributed by atoms with Crippen LogP contribution in [0.5, 0.6) is 0 Å². The molecule has 0 saturated carbocycles. The number of carbonyl (C=O) groups excluding carboxylic acids is 1. The summed E-state index contributed by atoms with van der Waals surface area (Å²) in [4.78, 5) is 10.1. The number of alkyl halides is 1. The van der Waals surface area contributed by atoms with Crippen LogP contribution < -0.4 is 0 Å². The van der Waals surface area contributed by atoms with Crippen LogP contribution in [-0.4, -0.2) is 13.0 Å². The van der Waals surface area contributed by atoms with E-state index >= 15 is 0 Å². The van der Waals surface area contributed by atoms with Crippen LogP contribution in [-0.2, 0) is 9.47 Å². The van der Waals surface area contributed by atoms with Crippen molar-refractivity contribution in [2.45, 2.75) is 0 Å². The van der Waals surface area contributed by atoms with Crippen LogP contribution in [0.25, 0.3) is 0 Å². The van der Waals surface area contributed by atoms with Gasteiger partial charge >= 0.3 is 6.16 Å². The van der Waals surface area contributed by atoms with Gasteiger partial charge in [-0.05, 0) is 5.92 Å². The van der Waals surface area contributed by atoms with Gasteiger partial charge in [-0.2, -0.15) is 0 Å². The Hall–Kier alpha value is -1.68. The van der Waals surface area contributed by atoms with Crippen LogP contribution in [0.3, 0.4) is 0 Å². The van der Waals surface area contributed by atoms with Gasteiger partial charge in [-0.15, -0.1) is 6.42 Å². The Morgan fingerprint density at radius 1 is 1.70 bits per heavy atom. The molecule has 0 unspecified atom stereocenters. The zero-order chi connectivity index (χ0) is 7.82. The van der Waals surface area contributed by atoms with E-state index in [0.29, 0.717) is 0 Å². The highest BCUT2D eigenvalue weighted by Crippen LogP contribution is 1.82. The Balaban J connectivity index is 3.51. The molecule has 0 spiro atoms. The van der Waals surface area contributed by atoms with E-state index in [9.17, 15) is 9.18 Å².